The van der Waals surface area contributed by atoms with E-state index in [-0.39, 0.29) is 18.0 Å². The lowest BCUT2D eigenvalue weighted by molar-refractivity contribution is -0.385. The van der Waals surface area contributed by atoms with Crippen LogP contribution in [-0.4, -0.2) is 10.8 Å². The average molecular weight is 345 g/mol. The monoisotopic (exact) mass is 344 g/mol. The molecule has 1 heterocycles. The number of amides is 1. The number of rotatable bonds is 4. The molecule has 0 saturated carbocycles. The molecule has 2 aromatic carbocycles. The first kappa shape index (κ1) is 16.0. The highest BCUT2D eigenvalue weighted by molar-refractivity contribution is 6.31. The van der Waals surface area contributed by atoms with Gasteiger partial charge in [-0.3, -0.25) is 14.9 Å². The zero-order chi connectivity index (χ0) is 17.3. The number of anilines is 1. The molecule has 7 heteroatoms. The van der Waals surface area contributed by atoms with Crippen LogP contribution in [0.3, 0.4) is 0 Å². The molecular weight excluding hydrogens is 332 g/mol. The second-order valence-electron chi connectivity index (χ2n) is 5.38. The van der Waals surface area contributed by atoms with E-state index in [0.717, 1.165) is 5.39 Å². The van der Waals surface area contributed by atoms with E-state index in [0.29, 0.717) is 27.4 Å². The predicted octanol–water partition coefficient (Wildman–Crippen LogP) is 4.48. The summed E-state index contributed by atoms with van der Waals surface area (Å²) in [5.74, 6) is -0.296. The van der Waals surface area contributed by atoms with Crippen LogP contribution < -0.4 is 5.32 Å². The molecule has 1 amide bonds. The van der Waals surface area contributed by atoms with Gasteiger partial charge in [-0.05, 0) is 31.2 Å². The SMILES string of the molecule is Cc1ccc(NC(=O)Cc2coc3ccc(Cl)cc23)cc1[N+](=O)[O-]. The van der Waals surface area contributed by atoms with Crippen molar-refractivity contribution in [3.8, 4) is 0 Å². The molecule has 3 aromatic rings. The van der Waals surface area contributed by atoms with Crippen LogP contribution in [0.1, 0.15) is 11.1 Å². The molecule has 0 radical (unpaired) electrons. The van der Waals surface area contributed by atoms with Crippen LogP contribution in [0, 0.1) is 17.0 Å². The van der Waals surface area contributed by atoms with Gasteiger partial charge in [-0.1, -0.05) is 17.7 Å². The van der Waals surface area contributed by atoms with Crippen LogP contribution in [0.25, 0.3) is 11.0 Å². The highest BCUT2D eigenvalue weighted by Gasteiger charge is 2.14. The number of nitrogens with zero attached hydrogens (tertiary/aromatic N) is 1. The average Bonchev–Trinajstić information content (AvgIpc) is 2.91. The molecule has 0 saturated heterocycles. The van der Waals surface area contributed by atoms with Gasteiger partial charge in [0, 0.05) is 33.3 Å². The number of fused-ring (bicyclic) bond motifs is 1. The molecule has 0 atom stereocenters. The van der Waals surface area contributed by atoms with Gasteiger partial charge in [0.25, 0.3) is 5.69 Å². The third-order valence-corrected chi connectivity index (χ3v) is 3.89. The third kappa shape index (κ3) is 3.23. The van der Waals surface area contributed by atoms with E-state index >= 15 is 0 Å². The summed E-state index contributed by atoms with van der Waals surface area (Å²) < 4.78 is 5.39. The quantitative estimate of drug-likeness (QED) is 0.558. The molecule has 0 spiro atoms. The van der Waals surface area contributed by atoms with Gasteiger partial charge < -0.3 is 9.73 Å². The number of halogens is 1. The lowest BCUT2D eigenvalue weighted by atomic mass is 10.1. The number of carbonyl (C=O) groups is 1. The zero-order valence-corrected chi connectivity index (χ0v) is 13.5. The summed E-state index contributed by atoms with van der Waals surface area (Å²) in [6.45, 7) is 1.64. The minimum atomic E-state index is -0.476. The fraction of sp³-hybridized carbons (Fsp3) is 0.118. The van der Waals surface area contributed by atoms with E-state index in [1.165, 1.54) is 12.3 Å². The van der Waals surface area contributed by atoms with Crippen molar-refractivity contribution in [2.75, 3.05) is 5.32 Å². The maximum Gasteiger partial charge on any atom is 0.274 e. The molecule has 0 bridgehead atoms. The molecule has 0 aliphatic carbocycles. The van der Waals surface area contributed by atoms with Crippen molar-refractivity contribution in [2.24, 2.45) is 0 Å². The number of carbonyl (C=O) groups excluding carboxylic acids is 1. The molecule has 6 nitrogen and oxygen atoms in total. The molecule has 24 heavy (non-hydrogen) atoms. The number of nitro groups is 1. The van der Waals surface area contributed by atoms with Crippen molar-refractivity contribution in [1.29, 1.82) is 0 Å². The number of hydrogen-bond acceptors (Lipinski definition) is 4. The van der Waals surface area contributed by atoms with Gasteiger partial charge in [-0.15, -0.1) is 0 Å². The van der Waals surface area contributed by atoms with E-state index in [1.54, 1.807) is 37.3 Å². The van der Waals surface area contributed by atoms with Crippen molar-refractivity contribution in [3.05, 3.63) is 68.9 Å². The Kier molecular flexibility index (Phi) is 4.22. The highest BCUT2D eigenvalue weighted by atomic mass is 35.5. The summed E-state index contributed by atoms with van der Waals surface area (Å²) >= 11 is 5.97. The second kappa shape index (κ2) is 6.33. The van der Waals surface area contributed by atoms with E-state index in [4.69, 9.17) is 16.0 Å². The van der Waals surface area contributed by atoms with E-state index in [1.807, 2.05) is 0 Å². The van der Waals surface area contributed by atoms with Crippen molar-refractivity contribution in [3.63, 3.8) is 0 Å². The van der Waals surface area contributed by atoms with Crippen LogP contribution >= 0.6 is 11.6 Å². The maximum atomic E-state index is 12.2. The molecule has 0 unspecified atom stereocenters. The molecule has 122 valence electrons. The van der Waals surface area contributed by atoms with Gasteiger partial charge in [0.05, 0.1) is 17.6 Å². The highest BCUT2D eigenvalue weighted by Crippen LogP contribution is 2.26. The largest absolute Gasteiger partial charge is 0.464 e. The lowest BCUT2D eigenvalue weighted by Crippen LogP contribution is -2.14. The number of aryl methyl sites for hydroxylation is 1. The van der Waals surface area contributed by atoms with Crippen molar-refractivity contribution < 1.29 is 14.1 Å². The summed E-state index contributed by atoms with van der Waals surface area (Å²) in [4.78, 5) is 22.7. The van der Waals surface area contributed by atoms with E-state index in [9.17, 15) is 14.9 Å². The van der Waals surface area contributed by atoms with Gasteiger partial charge in [0.2, 0.25) is 5.91 Å². The van der Waals surface area contributed by atoms with Crippen molar-refractivity contribution >= 4 is 39.9 Å². The normalized spacial score (nSPS) is 10.8. The summed E-state index contributed by atoms with van der Waals surface area (Å²) in [7, 11) is 0. The Morgan fingerprint density at radius 3 is 2.83 bits per heavy atom. The first-order valence-electron chi connectivity index (χ1n) is 7.14. The van der Waals surface area contributed by atoms with E-state index < -0.39 is 4.92 Å². The molecule has 1 N–H and O–H groups in total. The Morgan fingerprint density at radius 2 is 2.08 bits per heavy atom. The number of benzene rings is 2. The number of nitro benzene ring substituents is 1. The van der Waals surface area contributed by atoms with Crippen LogP contribution in [-0.2, 0) is 11.2 Å². The van der Waals surface area contributed by atoms with Crippen LogP contribution in [0.15, 0.2) is 47.1 Å². The van der Waals surface area contributed by atoms with Gasteiger partial charge in [0.15, 0.2) is 0 Å². The number of hydrogen-bond donors (Lipinski definition) is 1. The number of nitrogens with one attached hydrogen (secondary N) is 1. The molecule has 1 aromatic heterocycles. The van der Waals surface area contributed by atoms with Crippen molar-refractivity contribution in [2.45, 2.75) is 13.3 Å². The molecule has 0 fully saturated rings. The van der Waals surface area contributed by atoms with Crippen molar-refractivity contribution in [1.82, 2.24) is 0 Å². The van der Waals surface area contributed by atoms with Crippen LogP contribution in [0.4, 0.5) is 11.4 Å². The summed E-state index contributed by atoms with van der Waals surface area (Å²) in [6, 6.07) is 9.76. The Hall–Kier alpha value is -2.86. The Morgan fingerprint density at radius 1 is 1.29 bits per heavy atom. The Labute approximate surface area is 142 Å². The first-order valence-corrected chi connectivity index (χ1v) is 7.52. The summed E-state index contributed by atoms with van der Waals surface area (Å²) in [5.41, 5.74) is 2.23. The molecular formula is C17H13ClN2O4. The maximum absolute atomic E-state index is 12.2. The molecule has 3 rings (SSSR count). The third-order valence-electron chi connectivity index (χ3n) is 3.66. The fourth-order valence-electron chi connectivity index (χ4n) is 2.45. The topological polar surface area (TPSA) is 85.4 Å². The van der Waals surface area contributed by atoms with Gasteiger partial charge in [-0.2, -0.15) is 0 Å². The smallest absolute Gasteiger partial charge is 0.274 e. The minimum absolute atomic E-state index is 0.0339. The molecule has 0 aliphatic heterocycles. The summed E-state index contributed by atoms with van der Waals surface area (Å²) in [5, 5.41) is 15.0. The fourth-order valence-corrected chi connectivity index (χ4v) is 2.63. The Bertz CT molecular complexity index is 949. The first-order chi connectivity index (χ1) is 11.4. The van der Waals surface area contributed by atoms with Gasteiger partial charge in [-0.25, -0.2) is 0 Å². The Balaban J connectivity index is 1.79. The zero-order valence-electron chi connectivity index (χ0n) is 12.7. The molecule has 0 aliphatic rings. The van der Waals surface area contributed by atoms with Gasteiger partial charge in [0.1, 0.15) is 5.58 Å². The summed E-state index contributed by atoms with van der Waals surface area (Å²) in [6.07, 6.45) is 1.59. The minimum Gasteiger partial charge on any atom is -0.464 e. The lowest BCUT2D eigenvalue weighted by Gasteiger charge is -2.06. The van der Waals surface area contributed by atoms with Crippen LogP contribution in [0.5, 0.6) is 0 Å². The predicted molar refractivity (Wildman–Crippen MR) is 91.4 cm³/mol. The second-order valence-corrected chi connectivity index (χ2v) is 5.82. The van der Waals surface area contributed by atoms with Crippen LogP contribution in [0.2, 0.25) is 5.02 Å². The van der Waals surface area contributed by atoms with Gasteiger partial charge >= 0.3 is 0 Å². The van der Waals surface area contributed by atoms with E-state index in [2.05, 4.69) is 5.32 Å². The number of furan rings is 1. The standard InChI is InChI=1S/C17H13ClN2O4/c1-10-2-4-13(8-15(10)20(22)23)19-17(21)6-11-9-24-16-5-3-12(18)7-14(11)16/h2-5,7-9H,6H2,1H3,(H,19,21).